The van der Waals surface area contributed by atoms with Gasteiger partial charge in [-0.2, -0.15) is 0 Å². The highest BCUT2D eigenvalue weighted by molar-refractivity contribution is 7.92. The number of nitrogens with one attached hydrogen (secondary N) is 1. The molecule has 9 heteroatoms. The van der Waals surface area contributed by atoms with E-state index in [-0.39, 0.29) is 10.6 Å². The van der Waals surface area contributed by atoms with Gasteiger partial charge in [0, 0.05) is 5.69 Å². The second-order valence-electron chi connectivity index (χ2n) is 6.28. The zero-order valence-electron chi connectivity index (χ0n) is 16.2. The molecule has 0 spiro atoms. The SMILES string of the molecule is CCCCOC(=O)c1ccc(NS(=O)(=O)c2ccc(OCC(=O)O)c(C)c2)cc1. The van der Waals surface area contributed by atoms with Crippen molar-refractivity contribution in [3.05, 3.63) is 53.6 Å². The number of sulfonamides is 1. The monoisotopic (exact) mass is 421 g/mol. The topological polar surface area (TPSA) is 119 Å². The number of esters is 1. The number of carbonyl (C=O) groups is 2. The van der Waals surface area contributed by atoms with Gasteiger partial charge in [-0.3, -0.25) is 4.72 Å². The largest absolute Gasteiger partial charge is 0.482 e. The van der Waals surface area contributed by atoms with E-state index in [1.54, 1.807) is 6.92 Å². The molecular formula is C20H23NO7S. The van der Waals surface area contributed by atoms with Crippen LogP contribution >= 0.6 is 0 Å². The molecule has 2 rings (SSSR count). The number of anilines is 1. The van der Waals surface area contributed by atoms with Crippen LogP contribution in [0.2, 0.25) is 0 Å². The first-order chi connectivity index (χ1) is 13.7. The molecule has 2 aromatic rings. The van der Waals surface area contributed by atoms with Crippen LogP contribution in [0.15, 0.2) is 47.4 Å². The molecule has 0 amide bonds. The van der Waals surface area contributed by atoms with E-state index >= 15 is 0 Å². The van der Waals surface area contributed by atoms with E-state index in [9.17, 15) is 18.0 Å². The zero-order valence-corrected chi connectivity index (χ0v) is 17.0. The standard InChI is InChI=1S/C20H23NO7S/c1-3-4-11-27-20(24)15-5-7-16(8-6-15)21-29(25,26)17-9-10-18(14(2)12-17)28-13-19(22)23/h5-10,12,21H,3-4,11,13H2,1-2H3,(H,22,23). The van der Waals surface area contributed by atoms with Crippen LogP contribution in [-0.4, -0.2) is 38.7 Å². The van der Waals surface area contributed by atoms with Gasteiger partial charge in [0.25, 0.3) is 10.0 Å². The predicted molar refractivity (Wildman–Crippen MR) is 107 cm³/mol. The molecule has 0 aliphatic heterocycles. The summed E-state index contributed by atoms with van der Waals surface area (Å²) in [5, 5.41) is 8.66. The Kier molecular flexibility index (Phi) is 7.60. The van der Waals surface area contributed by atoms with E-state index < -0.39 is 28.6 Å². The van der Waals surface area contributed by atoms with Crippen LogP contribution in [0.4, 0.5) is 5.69 Å². The Labute approximate surface area is 169 Å². The molecule has 29 heavy (non-hydrogen) atoms. The van der Waals surface area contributed by atoms with Crippen molar-refractivity contribution >= 4 is 27.6 Å². The molecule has 8 nitrogen and oxygen atoms in total. The lowest BCUT2D eigenvalue weighted by atomic mass is 10.2. The number of carbonyl (C=O) groups excluding carboxylic acids is 1. The van der Waals surface area contributed by atoms with Crippen molar-refractivity contribution in [1.29, 1.82) is 0 Å². The summed E-state index contributed by atoms with van der Waals surface area (Å²) in [7, 11) is -3.87. The van der Waals surface area contributed by atoms with Crippen LogP contribution < -0.4 is 9.46 Å². The van der Waals surface area contributed by atoms with Gasteiger partial charge in [0.1, 0.15) is 5.75 Å². The van der Waals surface area contributed by atoms with Gasteiger partial charge in [0.05, 0.1) is 17.1 Å². The highest BCUT2D eigenvalue weighted by Crippen LogP contribution is 2.24. The van der Waals surface area contributed by atoms with Crippen LogP contribution in [0.25, 0.3) is 0 Å². The van der Waals surface area contributed by atoms with Gasteiger partial charge in [-0.05, 0) is 61.4 Å². The summed E-state index contributed by atoms with van der Waals surface area (Å²) in [6.45, 7) is 3.44. The first-order valence-electron chi connectivity index (χ1n) is 8.98. The summed E-state index contributed by atoms with van der Waals surface area (Å²) in [5.41, 5.74) is 1.11. The Morgan fingerprint density at radius 3 is 2.38 bits per heavy atom. The molecule has 0 saturated heterocycles. The van der Waals surface area contributed by atoms with E-state index in [1.807, 2.05) is 6.92 Å². The van der Waals surface area contributed by atoms with Gasteiger partial charge in [0.15, 0.2) is 6.61 Å². The Balaban J connectivity index is 2.08. The van der Waals surface area contributed by atoms with Crippen molar-refractivity contribution in [3.8, 4) is 5.75 Å². The van der Waals surface area contributed by atoms with Gasteiger partial charge in [-0.1, -0.05) is 13.3 Å². The molecular weight excluding hydrogens is 398 g/mol. The van der Waals surface area contributed by atoms with Gasteiger partial charge in [-0.15, -0.1) is 0 Å². The minimum Gasteiger partial charge on any atom is -0.482 e. The molecule has 0 atom stereocenters. The predicted octanol–water partition coefficient (Wildman–Crippen LogP) is 3.22. The molecule has 0 saturated carbocycles. The maximum Gasteiger partial charge on any atom is 0.341 e. The molecule has 0 aromatic heterocycles. The molecule has 0 aliphatic carbocycles. The second-order valence-corrected chi connectivity index (χ2v) is 7.96. The number of carboxylic acid groups (broad SMARTS) is 1. The number of hydrogen-bond acceptors (Lipinski definition) is 6. The molecule has 0 bridgehead atoms. The number of rotatable bonds is 10. The molecule has 0 heterocycles. The van der Waals surface area contributed by atoms with Crippen molar-refractivity contribution in [1.82, 2.24) is 0 Å². The lowest BCUT2D eigenvalue weighted by Gasteiger charge is -2.12. The maximum atomic E-state index is 12.6. The van der Waals surface area contributed by atoms with Crippen molar-refractivity contribution in [3.63, 3.8) is 0 Å². The molecule has 0 fully saturated rings. The number of carboxylic acids is 1. The van der Waals surface area contributed by atoms with E-state index in [2.05, 4.69) is 4.72 Å². The summed E-state index contributed by atoms with van der Waals surface area (Å²) in [5.74, 6) is -1.29. The van der Waals surface area contributed by atoms with E-state index in [0.29, 0.717) is 23.4 Å². The van der Waals surface area contributed by atoms with E-state index in [1.165, 1.54) is 42.5 Å². The summed E-state index contributed by atoms with van der Waals surface area (Å²) in [6.07, 6.45) is 1.70. The zero-order chi connectivity index (χ0) is 21.4. The molecule has 2 aromatic carbocycles. The number of hydrogen-bond donors (Lipinski definition) is 2. The molecule has 0 radical (unpaired) electrons. The van der Waals surface area contributed by atoms with Crippen molar-refractivity contribution in [2.45, 2.75) is 31.6 Å². The second kappa shape index (κ2) is 9.92. The Hall–Kier alpha value is -3.07. The number of aryl methyl sites for hydroxylation is 1. The van der Waals surface area contributed by atoms with E-state index in [0.717, 1.165) is 12.8 Å². The van der Waals surface area contributed by atoms with Crippen molar-refractivity contribution in [2.24, 2.45) is 0 Å². The third-order valence-corrected chi connectivity index (χ3v) is 5.29. The van der Waals surface area contributed by atoms with Crippen molar-refractivity contribution in [2.75, 3.05) is 17.9 Å². The fourth-order valence-electron chi connectivity index (χ4n) is 2.37. The highest BCUT2D eigenvalue weighted by atomic mass is 32.2. The molecule has 0 unspecified atom stereocenters. The molecule has 2 N–H and O–H groups in total. The molecule has 0 aliphatic rings. The summed E-state index contributed by atoms with van der Waals surface area (Å²) in [6, 6.07) is 10.0. The van der Waals surface area contributed by atoms with Gasteiger partial charge in [0.2, 0.25) is 0 Å². The van der Waals surface area contributed by atoms with Crippen LogP contribution in [0.1, 0.15) is 35.7 Å². The fraction of sp³-hybridized carbons (Fsp3) is 0.300. The number of ether oxygens (including phenoxy) is 2. The van der Waals surface area contributed by atoms with Crippen LogP contribution in [0, 0.1) is 6.92 Å². The summed E-state index contributed by atoms with van der Waals surface area (Å²) >= 11 is 0. The number of aliphatic carboxylic acids is 1. The first-order valence-corrected chi connectivity index (χ1v) is 10.5. The average molecular weight is 421 g/mol. The summed E-state index contributed by atoms with van der Waals surface area (Å²) < 4.78 is 37.8. The van der Waals surface area contributed by atoms with E-state index in [4.69, 9.17) is 14.6 Å². The van der Waals surface area contributed by atoms with Crippen LogP contribution in [-0.2, 0) is 19.6 Å². The van der Waals surface area contributed by atoms with Crippen molar-refractivity contribution < 1.29 is 32.6 Å². The van der Waals surface area contributed by atoms with Gasteiger partial charge < -0.3 is 14.6 Å². The highest BCUT2D eigenvalue weighted by Gasteiger charge is 2.17. The number of benzene rings is 2. The minimum absolute atomic E-state index is 0.000673. The molecule has 156 valence electrons. The average Bonchev–Trinajstić information content (AvgIpc) is 2.67. The Bertz CT molecular complexity index is 969. The third-order valence-electron chi connectivity index (χ3n) is 3.91. The van der Waals surface area contributed by atoms with Crippen LogP contribution in [0.5, 0.6) is 5.75 Å². The minimum atomic E-state index is -3.87. The summed E-state index contributed by atoms with van der Waals surface area (Å²) in [4.78, 5) is 22.5. The smallest absolute Gasteiger partial charge is 0.341 e. The normalized spacial score (nSPS) is 11.0. The fourth-order valence-corrected chi connectivity index (χ4v) is 3.51. The quantitative estimate of drug-likeness (QED) is 0.446. The maximum absolute atomic E-state index is 12.6. The van der Waals surface area contributed by atoms with Gasteiger partial charge >= 0.3 is 11.9 Å². The Morgan fingerprint density at radius 2 is 1.79 bits per heavy atom. The number of unbranched alkanes of at least 4 members (excludes halogenated alkanes) is 1. The lowest BCUT2D eigenvalue weighted by molar-refractivity contribution is -0.139. The third kappa shape index (κ3) is 6.49. The Morgan fingerprint density at radius 1 is 1.10 bits per heavy atom. The van der Waals surface area contributed by atoms with Gasteiger partial charge in [-0.25, -0.2) is 18.0 Å². The first kappa shape index (κ1) is 22.2. The van der Waals surface area contributed by atoms with Crippen LogP contribution in [0.3, 0.4) is 0 Å². The lowest BCUT2D eigenvalue weighted by Crippen LogP contribution is -2.14.